The first-order valence-corrected chi connectivity index (χ1v) is 11.4. The Kier molecular flexibility index (Phi) is 7.07. The summed E-state index contributed by atoms with van der Waals surface area (Å²) in [6.07, 6.45) is 0.798. The fraction of sp³-hybridized carbons (Fsp3) is 0.185. The Bertz CT molecular complexity index is 1310. The number of likely N-dealkylation sites (tertiary alicyclic amines) is 1. The summed E-state index contributed by atoms with van der Waals surface area (Å²) in [5, 5.41) is 21.1. The van der Waals surface area contributed by atoms with Crippen molar-refractivity contribution in [3.8, 4) is 11.5 Å². The number of nitrogens with zero attached hydrogens (tertiary/aromatic N) is 1. The molecule has 35 heavy (non-hydrogen) atoms. The normalized spacial score (nSPS) is 17.1. The molecule has 4 rings (SSSR count). The molecule has 1 fully saturated rings. The van der Waals surface area contributed by atoms with Crippen LogP contribution in [0.3, 0.4) is 0 Å². The number of phenolic OH excluding ortho intramolecular Hbond substituents is 1. The Morgan fingerprint density at radius 2 is 1.83 bits per heavy atom. The maximum Gasteiger partial charge on any atom is 0.295 e. The van der Waals surface area contributed by atoms with Gasteiger partial charge in [0.25, 0.3) is 11.7 Å². The quantitative estimate of drug-likeness (QED) is 0.253. The lowest BCUT2D eigenvalue weighted by molar-refractivity contribution is -0.140. The molecule has 1 atom stereocenters. The van der Waals surface area contributed by atoms with Crippen LogP contribution in [0.4, 0.5) is 4.39 Å². The van der Waals surface area contributed by atoms with Crippen molar-refractivity contribution in [2.24, 2.45) is 0 Å². The van der Waals surface area contributed by atoms with Crippen LogP contribution in [0.2, 0.25) is 5.02 Å². The summed E-state index contributed by atoms with van der Waals surface area (Å²) in [6.45, 7) is 2.44. The van der Waals surface area contributed by atoms with Crippen LogP contribution >= 0.6 is 11.6 Å². The minimum Gasteiger partial charge on any atom is -0.507 e. The first kappa shape index (κ1) is 24.3. The summed E-state index contributed by atoms with van der Waals surface area (Å²) in [5.41, 5.74) is 1.21. The Morgan fingerprint density at radius 1 is 1.09 bits per heavy atom. The molecule has 6 nitrogen and oxygen atoms in total. The van der Waals surface area contributed by atoms with Crippen LogP contribution in [0, 0.1) is 5.82 Å². The van der Waals surface area contributed by atoms with Gasteiger partial charge in [0.1, 0.15) is 23.1 Å². The summed E-state index contributed by atoms with van der Waals surface area (Å²) in [5.74, 6) is -2.11. The second-order valence-corrected chi connectivity index (χ2v) is 8.55. The summed E-state index contributed by atoms with van der Waals surface area (Å²) in [7, 11) is 0. The number of Topliss-reactive ketones (excluding diaryl/α,β-unsaturated/α-hetero) is 1. The molecule has 3 aromatic carbocycles. The maximum absolute atomic E-state index is 13.4. The molecule has 0 bridgehead atoms. The number of phenols is 1. The number of hydrogen-bond donors (Lipinski definition) is 2. The number of carbonyl (C=O) groups is 2. The average Bonchev–Trinajstić information content (AvgIpc) is 3.10. The number of hydrogen-bond acceptors (Lipinski definition) is 5. The smallest absolute Gasteiger partial charge is 0.295 e. The van der Waals surface area contributed by atoms with Crippen LogP contribution in [0.15, 0.2) is 72.3 Å². The SMILES string of the molecule is CCCOc1cccc(/C(O)=C2/C(=O)C(=O)N(Cc3ccc(F)cc3)C2c2ccc(O)c(Cl)c2)c1. The van der Waals surface area contributed by atoms with E-state index in [1.807, 2.05) is 6.92 Å². The molecule has 1 heterocycles. The van der Waals surface area contributed by atoms with E-state index in [9.17, 15) is 24.2 Å². The fourth-order valence-electron chi connectivity index (χ4n) is 3.98. The maximum atomic E-state index is 13.4. The van der Waals surface area contributed by atoms with E-state index in [1.54, 1.807) is 24.3 Å². The van der Waals surface area contributed by atoms with E-state index in [1.165, 1.54) is 47.4 Å². The lowest BCUT2D eigenvalue weighted by Crippen LogP contribution is -2.29. The van der Waals surface area contributed by atoms with Crippen molar-refractivity contribution >= 4 is 29.1 Å². The van der Waals surface area contributed by atoms with Crippen LogP contribution in [0.5, 0.6) is 11.5 Å². The highest BCUT2D eigenvalue weighted by Crippen LogP contribution is 2.42. The number of ketones is 1. The summed E-state index contributed by atoms with van der Waals surface area (Å²) < 4.78 is 19.0. The van der Waals surface area contributed by atoms with Crippen molar-refractivity contribution in [2.75, 3.05) is 6.61 Å². The van der Waals surface area contributed by atoms with E-state index in [4.69, 9.17) is 16.3 Å². The van der Waals surface area contributed by atoms with Crippen LogP contribution in [0.1, 0.15) is 36.1 Å². The third kappa shape index (κ3) is 5.00. The van der Waals surface area contributed by atoms with E-state index in [-0.39, 0.29) is 28.6 Å². The number of aromatic hydroxyl groups is 1. The number of ether oxygens (including phenoxy) is 1. The van der Waals surface area contributed by atoms with Crippen molar-refractivity contribution in [1.82, 2.24) is 4.90 Å². The molecule has 0 saturated carbocycles. The zero-order valence-electron chi connectivity index (χ0n) is 18.9. The van der Waals surface area contributed by atoms with Gasteiger partial charge in [-0.15, -0.1) is 0 Å². The predicted molar refractivity (Wildman–Crippen MR) is 130 cm³/mol. The zero-order valence-corrected chi connectivity index (χ0v) is 19.6. The van der Waals surface area contributed by atoms with Gasteiger partial charge in [-0.2, -0.15) is 0 Å². The molecule has 3 aromatic rings. The Hall–Kier alpha value is -3.84. The summed E-state index contributed by atoms with van der Waals surface area (Å²) in [4.78, 5) is 27.6. The molecule has 8 heteroatoms. The first-order valence-electron chi connectivity index (χ1n) is 11.0. The second-order valence-electron chi connectivity index (χ2n) is 8.14. The topological polar surface area (TPSA) is 87.1 Å². The number of aliphatic hydroxyl groups is 1. The van der Waals surface area contributed by atoms with Crippen molar-refractivity contribution in [3.63, 3.8) is 0 Å². The van der Waals surface area contributed by atoms with E-state index in [0.717, 1.165) is 6.42 Å². The molecule has 180 valence electrons. The highest BCUT2D eigenvalue weighted by molar-refractivity contribution is 6.46. The third-order valence-electron chi connectivity index (χ3n) is 5.67. The van der Waals surface area contributed by atoms with Crippen LogP contribution in [-0.4, -0.2) is 33.4 Å². The molecule has 1 amide bonds. The minimum absolute atomic E-state index is 0.00948. The van der Waals surface area contributed by atoms with Crippen molar-refractivity contribution in [1.29, 1.82) is 0 Å². The average molecular weight is 496 g/mol. The van der Waals surface area contributed by atoms with Gasteiger partial charge in [-0.3, -0.25) is 9.59 Å². The summed E-state index contributed by atoms with van der Waals surface area (Å²) >= 11 is 6.13. The van der Waals surface area contributed by atoms with Gasteiger partial charge in [0, 0.05) is 12.1 Å². The van der Waals surface area contributed by atoms with Crippen LogP contribution in [0.25, 0.3) is 5.76 Å². The Labute approximate surface area is 206 Å². The van der Waals surface area contributed by atoms with Crippen molar-refractivity contribution in [3.05, 3.63) is 99.8 Å². The molecule has 0 aromatic heterocycles. The lowest BCUT2D eigenvalue weighted by Gasteiger charge is -2.25. The summed E-state index contributed by atoms with van der Waals surface area (Å²) in [6, 6.07) is 15.5. The largest absolute Gasteiger partial charge is 0.507 e. The number of aliphatic hydroxyl groups excluding tert-OH is 1. The molecule has 0 spiro atoms. The van der Waals surface area contributed by atoms with E-state index in [0.29, 0.717) is 29.0 Å². The van der Waals surface area contributed by atoms with Gasteiger partial charge in [0.15, 0.2) is 0 Å². The number of rotatable bonds is 7. The molecular weight excluding hydrogens is 473 g/mol. The first-order chi connectivity index (χ1) is 16.8. The monoisotopic (exact) mass is 495 g/mol. The van der Waals surface area contributed by atoms with Crippen molar-refractivity contribution < 1.29 is 28.9 Å². The minimum atomic E-state index is -0.988. The number of carbonyl (C=O) groups excluding carboxylic acids is 2. The predicted octanol–water partition coefficient (Wildman–Crippen LogP) is 5.60. The van der Waals surface area contributed by atoms with Gasteiger partial charge < -0.3 is 19.8 Å². The number of halogens is 2. The lowest BCUT2D eigenvalue weighted by atomic mass is 9.95. The molecule has 0 aliphatic carbocycles. The highest BCUT2D eigenvalue weighted by atomic mass is 35.5. The van der Waals surface area contributed by atoms with Gasteiger partial charge in [-0.05, 0) is 53.9 Å². The Balaban J connectivity index is 1.83. The van der Waals surface area contributed by atoms with Gasteiger partial charge >= 0.3 is 0 Å². The molecule has 1 aliphatic heterocycles. The van der Waals surface area contributed by atoms with Crippen LogP contribution < -0.4 is 4.74 Å². The molecule has 1 unspecified atom stereocenters. The van der Waals surface area contributed by atoms with Crippen LogP contribution in [-0.2, 0) is 16.1 Å². The van der Waals surface area contributed by atoms with E-state index < -0.39 is 23.5 Å². The second kappa shape index (κ2) is 10.2. The standard InChI is InChI=1S/C27H23ClFNO5/c1-2-12-35-20-5-3-4-18(13-20)25(32)23-24(17-8-11-22(31)21(28)14-17)30(27(34)26(23)33)15-16-6-9-19(29)10-7-16/h3-11,13-14,24,31-32H,2,12,15H2,1H3/b25-23-. The van der Waals surface area contributed by atoms with Crippen molar-refractivity contribution in [2.45, 2.75) is 25.9 Å². The molecular formula is C27H23ClFNO5. The molecule has 0 radical (unpaired) electrons. The van der Waals surface area contributed by atoms with Gasteiger partial charge in [0.2, 0.25) is 0 Å². The Morgan fingerprint density at radius 3 is 2.51 bits per heavy atom. The third-order valence-corrected chi connectivity index (χ3v) is 5.98. The van der Waals surface area contributed by atoms with Gasteiger partial charge in [-0.25, -0.2) is 4.39 Å². The number of amides is 1. The molecule has 2 N–H and O–H groups in total. The van der Waals surface area contributed by atoms with E-state index in [2.05, 4.69) is 0 Å². The van der Waals surface area contributed by atoms with Gasteiger partial charge in [-0.1, -0.05) is 48.9 Å². The van der Waals surface area contributed by atoms with Gasteiger partial charge in [0.05, 0.1) is 23.2 Å². The number of benzene rings is 3. The fourth-order valence-corrected chi connectivity index (χ4v) is 4.17. The molecule has 1 aliphatic rings. The van der Waals surface area contributed by atoms with E-state index >= 15 is 0 Å². The molecule has 1 saturated heterocycles. The zero-order chi connectivity index (χ0) is 25.1. The highest BCUT2D eigenvalue weighted by Gasteiger charge is 2.46.